The molecule has 7 heteroatoms. The molecule has 0 unspecified atom stereocenters. The van der Waals surface area contributed by atoms with E-state index in [1.165, 1.54) is 20.2 Å². The molecule has 0 aliphatic heterocycles. The minimum absolute atomic E-state index is 0.150. The Morgan fingerprint density at radius 1 is 1.43 bits per heavy atom. The molecule has 6 nitrogen and oxygen atoms in total. The van der Waals surface area contributed by atoms with Crippen LogP contribution in [0.3, 0.4) is 0 Å². The van der Waals surface area contributed by atoms with Crippen LogP contribution in [0.5, 0.6) is 5.75 Å². The number of aryl methyl sites for hydroxylation is 1. The zero-order valence-corrected chi connectivity index (χ0v) is 12.2. The molecule has 0 aliphatic rings. The monoisotopic (exact) mass is 308 g/mol. The number of benzene rings is 1. The van der Waals surface area contributed by atoms with Gasteiger partial charge in [0, 0.05) is 23.2 Å². The molecule has 0 amide bonds. The molecule has 0 fully saturated rings. The molecule has 0 bridgehead atoms. The number of methoxy groups -OCH3 is 1. The highest BCUT2D eigenvalue weighted by molar-refractivity contribution is 6.30. The van der Waals surface area contributed by atoms with Crippen LogP contribution in [0.4, 0.5) is 0 Å². The fraction of sp³-hybridized carbons (Fsp3) is 0.214. The number of carboxylic acid groups (broad SMARTS) is 1. The van der Waals surface area contributed by atoms with Gasteiger partial charge >= 0.3 is 5.97 Å². The molecule has 1 N–H and O–H groups in total. The molecule has 2 rings (SSSR count). The summed E-state index contributed by atoms with van der Waals surface area (Å²) in [4.78, 5) is 22.7. The van der Waals surface area contributed by atoms with Crippen LogP contribution in [0.2, 0.25) is 5.02 Å². The van der Waals surface area contributed by atoms with Gasteiger partial charge in [-0.15, -0.1) is 0 Å². The van der Waals surface area contributed by atoms with Crippen molar-refractivity contribution in [1.29, 1.82) is 0 Å². The smallest absolute Gasteiger partial charge is 0.308 e. The number of hydrogen-bond donors (Lipinski definition) is 1. The molecule has 0 spiro atoms. The molecule has 21 heavy (non-hydrogen) atoms. The van der Waals surface area contributed by atoms with Crippen molar-refractivity contribution in [3.05, 3.63) is 45.2 Å². The maximum absolute atomic E-state index is 11.9. The maximum atomic E-state index is 11.9. The average Bonchev–Trinajstić information content (AvgIpc) is 2.43. The van der Waals surface area contributed by atoms with Crippen molar-refractivity contribution in [2.75, 3.05) is 7.11 Å². The first-order valence-electron chi connectivity index (χ1n) is 6.05. The molecular formula is C14H13ClN2O4. The lowest BCUT2D eigenvalue weighted by molar-refractivity contribution is -0.136. The van der Waals surface area contributed by atoms with E-state index >= 15 is 0 Å². The van der Waals surface area contributed by atoms with Crippen molar-refractivity contribution in [2.45, 2.75) is 6.42 Å². The van der Waals surface area contributed by atoms with Gasteiger partial charge in [0.1, 0.15) is 5.75 Å². The zero-order valence-electron chi connectivity index (χ0n) is 11.5. The lowest BCUT2D eigenvalue weighted by Crippen LogP contribution is -2.25. The molecular weight excluding hydrogens is 296 g/mol. The van der Waals surface area contributed by atoms with E-state index in [4.69, 9.17) is 21.4 Å². The molecule has 110 valence electrons. The summed E-state index contributed by atoms with van der Waals surface area (Å²) in [5, 5.41) is 13.5. The summed E-state index contributed by atoms with van der Waals surface area (Å²) in [6, 6.07) is 6.45. The predicted molar refractivity (Wildman–Crippen MR) is 77.8 cm³/mol. The van der Waals surface area contributed by atoms with Gasteiger partial charge in [-0.25, -0.2) is 4.68 Å². The van der Waals surface area contributed by atoms with E-state index in [1.807, 2.05) is 0 Å². The van der Waals surface area contributed by atoms with Crippen molar-refractivity contribution in [3.63, 3.8) is 0 Å². The summed E-state index contributed by atoms with van der Waals surface area (Å²) in [7, 11) is 2.97. The number of carbonyl (C=O) groups is 1. The Kier molecular flexibility index (Phi) is 4.28. The van der Waals surface area contributed by atoms with Crippen molar-refractivity contribution in [2.24, 2.45) is 7.05 Å². The van der Waals surface area contributed by atoms with Gasteiger partial charge in [0.05, 0.1) is 19.2 Å². The third kappa shape index (κ3) is 3.22. The Balaban J connectivity index is 2.64. The molecule has 1 aromatic heterocycles. The van der Waals surface area contributed by atoms with Gasteiger partial charge in [0.15, 0.2) is 0 Å². The third-order valence-corrected chi connectivity index (χ3v) is 3.15. The second kappa shape index (κ2) is 5.97. The fourth-order valence-corrected chi connectivity index (χ4v) is 2.14. The lowest BCUT2D eigenvalue weighted by Gasteiger charge is -2.10. The van der Waals surface area contributed by atoms with Gasteiger partial charge in [-0.1, -0.05) is 11.6 Å². The van der Waals surface area contributed by atoms with Crippen LogP contribution in [-0.4, -0.2) is 28.0 Å². The van der Waals surface area contributed by atoms with E-state index in [0.29, 0.717) is 22.0 Å². The molecule has 1 aromatic carbocycles. The van der Waals surface area contributed by atoms with E-state index in [9.17, 15) is 9.59 Å². The summed E-state index contributed by atoms with van der Waals surface area (Å²) < 4.78 is 6.35. The highest BCUT2D eigenvalue weighted by Gasteiger charge is 2.14. The van der Waals surface area contributed by atoms with Crippen LogP contribution in [0.1, 0.15) is 5.56 Å². The second-order valence-electron chi connectivity index (χ2n) is 4.40. The van der Waals surface area contributed by atoms with Gasteiger partial charge in [0.25, 0.3) is 5.56 Å². The number of rotatable bonds is 4. The van der Waals surface area contributed by atoms with Crippen molar-refractivity contribution in [1.82, 2.24) is 9.78 Å². The number of aliphatic carboxylic acids is 1. The maximum Gasteiger partial charge on any atom is 0.308 e. The fourth-order valence-electron chi connectivity index (χ4n) is 1.97. The van der Waals surface area contributed by atoms with Crippen molar-refractivity contribution < 1.29 is 14.6 Å². The van der Waals surface area contributed by atoms with E-state index < -0.39 is 11.5 Å². The van der Waals surface area contributed by atoms with Gasteiger partial charge in [-0.3, -0.25) is 9.59 Å². The minimum Gasteiger partial charge on any atom is -0.496 e. The number of hydrogen-bond acceptors (Lipinski definition) is 4. The predicted octanol–water partition coefficient (Wildman–Crippen LogP) is 1.74. The lowest BCUT2D eigenvalue weighted by atomic mass is 10.1. The van der Waals surface area contributed by atoms with Crippen LogP contribution < -0.4 is 10.3 Å². The first-order chi connectivity index (χ1) is 9.92. The Hall–Kier alpha value is -2.34. The highest BCUT2D eigenvalue weighted by Crippen LogP contribution is 2.31. The molecule has 0 saturated carbocycles. The van der Waals surface area contributed by atoms with Crippen LogP contribution in [0.25, 0.3) is 11.3 Å². The van der Waals surface area contributed by atoms with Gasteiger partial charge in [-0.05, 0) is 24.3 Å². The molecule has 0 aliphatic carbocycles. The van der Waals surface area contributed by atoms with Crippen molar-refractivity contribution >= 4 is 17.6 Å². The first kappa shape index (κ1) is 15.1. The molecule has 0 atom stereocenters. The quantitative estimate of drug-likeness (QED) is 0.930. The minimum atomic E-state index is -1.08. The third-order valence-electron chi connectivity index (χ3n) is 2.92. The van der Waals surface area contributed by atoms with E-state index in [2.05, 4.69) is 5.10 Å². The first-order valence-corrected chi connectivity index (χ1v) is 6.43. The van der Waals surface area contributed by atoms with Crippen LogP contribution in [-0.2, 0) is 18.3 Å². The second-order valence-corrected chi connectivity index (χ2v) is 4.84. The largest absolute Gasteiger partial charge is 0.496 e. The van der Waals surface area contributed by atoms with Crippen LogP contribution >= 0.6 is 11.6 Å². The molecule has 1 heterocycles. The van der Waals surface area contributed by atoms with Gasteiger partial charge < -0.3 is 9.84 Å². The highest BCUT2D eigenvalue weighted by atomic mass is 35.5. The standard InChI is InChI=1S/C14H13ClN2O4/c1-17-14(20)8(6-13(18)19)5-11(16-17)10-7-9(15)3-4-12(10)21-2/h3-5,7H,6H2,1-2H3,(H,18,19). The number of nitrogens with zero attached hydrogens (tertiary/aromatic N) is 2. The average molecular weight is 309 g/mol. The molecule has 0 radical (unpaired) electrons. The van der Waals surface area contributed by atoms with Crippen molar-refractivity contribution in [3.8, 4) is 17.0 Å². The van der Waals surface area contributed by atoms with Crippen LogP contribution in [0.15, 0.2) is 29.1 Å². The molecule has 2 aromatic rings. The normalized spacial score (nSPS) is 10.4. The number of carboxylic acids is 1. The summed E-state index contributed by atoms with van der Waals surface area (Å²) in [5.74, 6) is -0.547. The van der Waals surface area contributed by atoms with Crippen LogP contribution in [0, 0.1) is 0 Å². The summed E-state index contributed by atoms with van der Waals surface area (Å²) in [6.07, 6.45) is -0.370. The van der Waals surface area contributed by atoms with Gasteiger partial charge in [0.2, 0.25) is 0 Å². The number of halogens is 1. The van der Waals surface area contributed by atoms with E-state index in [1.54, 1.807) is 18.2 Å². The Bertz CT molecular complexity index is 755. The van der Waals surface area contributed by atoms with E-state index in [-0.39, 0.29) is 12.0 Å². The number of aromatic nitrogens is 2. The zero-order chi connectivity index (χ0) is 15.6. The molecule has 0 saturated heterocycles. The van der Waals surface area contributed by atoms with E-state index in [0.717, 1.165) is 4.68 Å². The topological polar surface area (TPSA) is 81.4 Å². The summed E-state index contributed by atoms with van der Waals surface area (Å²) in [5.41, 5.74) is 0.721. The Morgan fingerprint density at radius 3 is 2.76 bits per heavy atom. The summed E-state index contributed by atoms with van der Waals surface area (Å²) >= 11 is 5.97. The Morgan fingerprint density at radius 2 is 2.14 bits per heavy atom. The number of ether oxygens (including phenoxy) is 1. The summed E-state index contributed by atoms with van der Waals surface area (Å²) in [6.45, 7) is 0. The Labute approximate surface area is 125 Å². The SMILES string of the molecule is COc1ccc(Cl)cc1-c1cc(CC(=O)O)c(=O)n(C)n1. The van der Waals surface area contributed by atoms with Gasteiger partial charge in [-0.2, -0.15) is 5.10 Å².